The molecule has 88 valence electrons. The van der Waals surface area contributed by atoms with Crippen LogP contribution >= 0.6 is 0 Å². The first-order valence-electron chi connectivity index (χ1n) is 5.04. The number of nitrogens with one attached hydrogen (secondary N) is 1. The molecule has 0 aliphatic rings. The van der Waals surface area contributed by atoms with Crippen molar-refractivity contribution in [3.8, 4) is 0 Å². The van der Waals surface area contributed by atoms with Crippen LogP contribution in [0.4, 0.5) is 6.01 Å². The Labute approximate surface area is 94.2 Å². The molecule has 0 saturated heterocycles. The van der Waals surface area contributed by atoms with Crippen molar-refractivity contribution in [2.75, 3.05) is 5.32 Å². The minimum Gasteiger partial charge on any atom is -0.432 e. The van der Waals surface area contributed by atoms with Crippen molar-refractivity contribution in [1.82, 2.24) is 4.98 Å². The summed E-state index contributed by atoms with van der Waals surface area (Å²) in [6, 6.07) is 0.129. The summed E-state index contributed by atoms with van der Waals surface area (Å²) in [4.78, 5) is 26.9. The molecule has 1 N–H and O–H groups in total. The summed E-state index contributed by atoms with van der Waals surface area (Å²) < 4.78 is 4.95. The maximum atomic E-state index is 11.6. The summed E-state index contributed by atoms with van der Waals surface area (Å²) in [5, 5.41) is 2.43. The van der Waals surface area contributed by atoms with E-state index in [4.69, 9.17) is 4.42 Å². The standard InChI is InChI=1S/C11H16N2O3/c1-7-6-16-10(12-7)13-9(15)5-8(14)11(2,3)4/h6H,5H2,1-4H3,(H,12,13,15). The SMILES string of the molecule is Cc1coc(NC(=O)CC(=O)C(C)(C)C)n1. The van der Waals surface area contributed by atoms with Crippen LogP contribution in [0.2, 0.25) is 0 Å². The molecule has 0 spiro atoms. The van der Waals surface area contributed by atoms with Gasteiger partial charge >= 0.3 is 6.01 Å². The fraction of sp³-hybridized carbons (Fsp3) is 0.545. The molecule has 16 heavy (non-hydrogen) atoms. The van der Waals surface area contributed by atoms with E-state index in [-0.39, 0.29) is 18.2 Å². The van der Waals surface area contributed by atoms with E-state index in [0.717, 1.165) is 0 Å². The first-order valence-corrected chi connectivity index (χ1v) is 5.04. The normalized spacial score (nSPS) is 11.2. The van der Waals surface area contributed by atoms with Gasteiger partial charge in [0.15, 0.2) is 0 Å². The summed E-state index contributed by atoms with van der Waals surface area (Å²) in [5.74, 6) is -0.518. The molecule has 0 aliphatic heterocycles. The molecule has 0 unspecified atom stereocenters. The highest BCUT2D eigenvalue weighted by atomic mass is 16.4. The van der Waals surface area contributed by atoms with Crippen LogP contribution < -0.4 is 5.32 Å². The van der Waals surface area contributed by atoms with Crippen LogP contribution in [0.5, 0.6) is 0 Å². The lowest BCUT2D eigenvalue weighted by molar-refractivity contribution is -0.130. The van der Waals surface area contributed by atoms with E-state index >= 15 is 0 Å². The number of rotatable bonds is 3. The van der Waals surface area contributed by atoms with Crippen LogP contribution in [0.25, 0.3) is 0 Å². The summed E-state index contributed by atoms with van der Waals surface area (Å²) in [6.45, 7) is 7.08. The highest BCUT2D eigenvalue weighted by Gasteiger charge is 2.24. The van der Waals surface area contributed by atoms with Gasteiger partial charge in [-0.15, -0.1) is 0 Å². The predicted octanol–water partition coefficient (Wildman–Crippen LogP) is 1.93. The lowest BCUT2D eigenvalue weighted by Gasteiger charge is -2.15. The molecule has 0 saturated carbocycles. The molecule has 1 heterocycles. The van der Waals surface area contributed by atoms with E-state index in [0.29, 0.717) is 5.69 Å². The van der Waals surface area contributed by atoms with Crippen LogP contribution in [0.1, 0.15) is 32.9 Å². The van der Waals surface area contributed by atoms with Crippen LogP contribution in [-0.4, -0.2) is 16.7 Å². The van der Waals surface area contributed by atoms with Crippen molar-refractivity contribution in [2.24, 2.45) is 5.41 Å². The number of Topliss-reactive ketones (excluding diaryl/α,β-unsaturated/α-hetero) is 1. The van der Waals surface area contributed by atoms with Gasteiger partial charge in [-0.05, 0) is 6.92 Å². The number of carbonyl (C=O) groups excluding carboxylic acids is 2. The topological polar surface area (TPSA) is 72.2 Å². The maximum absolute atomic E-state index is 11.6. The fourth-order valence-corrected chi connectivity index (χ4v) is 0.986. The van der Waals surface area contributed by atoms with Gasteiger partial charge in [0.25, 0.3) is 0 Å². The Kier molecular flexibility index (Phi) is 3.47. The first kappa shape index (κ1) is 12.4. The minimum absolute atomic E-state index is 0.117. The summed E-state index contributed by atoms with van der Waals surface area (Å²) >= 11 is 0. The van der Waals surface area contributed by atoms with E-state index in [1.807, 2.05) is 0 Å². The largest absolute Gasteiger partial charge is 0.432 e. The number of anilines is 1. The molecular weight excluding hydrogens is 208 g/mol. The van der Waals surface area contributed by atoms with E-state index < -0.39 is 11.3 Å². The highest BCUT2D eigenvalue weighted by molar-refractivity contribution is 6.05. The van der Waals surface area contributed by atoms with E-state index in [1.54, 1.807) is 27.7 Å². The average molecular weight is 224 g/mol. The van der Waals surface area contributed by atoms with Crippen molar-refractivity contribution in [2.45, 2.75) is 34.1 Å². The molecular formula is C11H16N2O3. The van der Waals surface area contributed by atoms with Gasteiger partial charge < -0.3 is 4.42 Å². The molecule has 0 fully saturated rings. The van der Waals surface area contributed by atoms with Gasteiger partial charge in [-0.2, -0.15) is 4.98 Å². The molecule has 1 amide bonds. The Morgan fingerprint density at radius 2 is 2.06 bits per heavy atom. The number of amides is 1. The van der Waals surface area contributed by atoms with Gasteiger partial charge in [-0.1, -0.05) is 20.8 Å². The zero-order valence-electron chi connectivity index (χ0n) is 9.96. The predicted molar refractivity (Wildman–Crippen MR) is 58.9 cm³/mol. The molecule has 1 rings (SSSR count). The van der Waals surface area contributed by atoms with Crippen LogP contribution in [0.15, 0.2) is 10.7 Å². The van der Waals surface area contributed by atoms with Gasteiger partial charge in [0, 0.05) is 5.41 Å². The second-order valence-electron chi connectivity index (χ2n) is 4.69. The lowest BCUT2D eigenvalue weighted by Crippen LogP contribution is -2.26. The molecule has 0 atom stereocenters. The van der Waals surface area contributed by atoms with Crippen molar-refractivity contribution in [3.63, 3.8) is 0 Å². The van der Waals surface area contributed by atoms with Crippen LogP contribution in [-0.2, 0) is 9.59 Å². The molecule has 0 aromatic carbocycles. The Morgan fingerprint density at radius 3 is 2.50 bits per heavy atom. The monoisotopic (exact) mass is 224 g/mol. The Bertz CT molecular complexity index is 402. The van der Waals surface area contributed by atoms with Gasteiger partial charge in [0.2, 0.25) is 5.91 Å². The molecule has 5 nitrogen and oxygen atoms in total. The molecule has 0 radical (unpaired) electrons. The second kappa shape index (κ2) is 4.47. The quantitative estimate of drug-likeness (QED) is 0.796. The Morgan fingerprint density at radius 1 is 1.44 bits per heavy atom. The molecule has 5 heteroatoms. The van der Waals surface area contributed by atoms with E-state index in [2.05, 4.69) is 10.3 Å². The van der Waals surface area contributed by atoms with Crippen molar-refractivity contribution in [3.05, 3.63) is 12.0 Å². The number of aryl methyl sites for hydroxylation is 1. The number of nitrogens with zero attached hydrogens (tertiary/aromatic N) is 1. The van der Waals surface area contributed by atoms with Crippen molar-refractivity contribution in [1.29, 1.82) is 0 Å². The van der Waals surface area contributed by atoms with Crippen molar-refractivity contribution >= 4 is 17.7 Å². The first-order chi connectivity index (χ1) is 7.29. The highest BCUT2D eigenvalue weighted by Crippen LogP contribution is 2.17. The van der Waals surface area contributed by atoms with Gasteiger partial charge in [-0.3, -0.25) is 14.9 Å². The third kappa shape index (κ3) is 3.49. The zero-order chi connectivity index (χ0) is 12.3. The number of carbonyl (C=O) groups is 2. The van der Waals surface area contributed by atoms with Gasteiger partial charge in [0.1, 0.15) is 12.0 Å². The van der Waals surface area contributed by atoms with Crippen molar-refractivity contribution < 1.29 is 14.0 Å². The summed E-state index contributed by atoms with van der Waals surface area (Å²) in [6.07, 6.45) is 1.27. The molecule has 1 aromatic heterocycles. The van der Waals surface area contributed by atoms with Crippen LogP contribution in [0, 0.1) is 12.3 Å². The number of hydrogen-bond donors (Lipinski definition) is 1. The Hall–Kier alpha value is -1.65. The van der Waals surface area contributed by atoms with Gasteiger partial charge in [-0.25, -0.2) is 0 Å². The number of oxazole rings is 1. The summed E-state index contributed by atoms with van der Waals surface area (Å²) in [5.41, 5.74) is 0.168. The third-order valence-corrected chi connectivity index (χ3v) is 2.02. The molecule has 0 bridgehead atoms. The van der Waals surface area contributed by atoms with E-state index in [9.17, 15) is 9.59 Å². The minimum atomic E-state index is -0.510. The molecule has 1 aromatic rings. The van der Waals surface area contributed by atoms with Crippen LogP contribution in [0.3, 0.4) is 0 Å². The second-order valence-corrected chi connectivity index (χ2v) is 4.69. The number of ketones is 1. The maximum Gasteiger partial charge on any atom is 0.301 e. The number of hydrogen-bond acceptors (Lipinski definition) is 4. The van der Waals surface area contributed by atoms with Gasteiger partial charge in [0.05, 0.1) is 12.1 Å². The zero-order valence-corrected chi connectivity index (χ0v) is 9.96. The Balaban J connectivity index is 2.52. The lowest BCUT2D eigenvalue weighted by atomic mass is 9.89. The molecule has 0 aliphatic carbocycles. The third-order valence-electron chi connectivity index (χ3n) is 2.02. The van der Waals surface area contributed by atoms with E-state index in [1.165, 1.54) is 6.26 Å². The smallest absolute Gasteiger partial charge is 0.301 e. The summed E-state index contributed by atoms with van der Waals surface area (Å²) in [7, 11) is 0. The fourth-order valence-electron chi connectivity index (χ4n) is 0.986. The average Bonchev–Trinajstić information content (AvgIpc) is 2.49. The number of aromatic nitrogens is 1.